The van der Waals surface area contributed by atoms with Crippen LogP contribution < -0.4 is 9.64 Å². The summed E-state index contributed by atoms with van der Waals surface area (Å²) in [7, 11) is 1.74. The molecule has 0 spiro atoms. The van der Waals surface area contributed by atoms with E-state index in [2.05, 4.69) is 63.2 Å². The summed E-state index contributed by atoms with van der Waals surface area (Å²) in [4.78, 5) is 26.0. The molecule has 2 fully saturated rings. The van der Waals surface area contributed by atoms with E-state index in [0.29, 0.717) is 0 Å². The molecule has 2 aliphatic heterocycles. The second-order valence-electron chi connectivity index (χ2n) is 8.33. The van der Waals surface area contributed by atoms with Gasteiger partial charge in [0.2, 0.25) is 0 Å². The summed E-state index contributed by atoms with van der Waals surface area (Å²) in [6.45, 7) is 8.10. The van der Waals surface area contributed by atoms with Gasteiger partial charge in [-0.2, -0.15) is 0 Å². The normalized spacial score (nSPS) is 17.7. The summed E-state index contributed by atoms with van der Waals surface area (Å²) in [5.41, 5.74) is 2.72. The number of nitrogens with zero attached hydrogens (tertiary/aromatic N) is 3. The van der Waals surface area contributed by atoms with E-state index in [4.69, 9.17) is 24.5 Å². The number of hydrogen-bond donors (Lipinski definition) is 2. The number of piperazine rings is 1. The highest BCUT2D eigenvalue weighted by atomic mass is 16.5. The van der Waals surface area contributed by atoms with Crippen molar-refractivity contribution in [2.75, 3.05) is 51.3 Å². The number of carbonyl (C=O) groups is 2. The summed E-state index contributed by atoms with van der Waals surface area (Å²) >= 11 is 0. The van der Waals surface area contributed by atoms with Gasteiger partial charge in [0.15, 0.2) is 0 Å². The molecule has 0 unspecified atom stereocenters. The molecule has 0 aromatic heterocycles. The molecule has 2 saturated heterocycles. The average Bonchev–Trinajstić information content (AvgIpc) is 2.86. The Kier molecular flexibility index (Phi) is 9.09. The first-order valence-corrected chi connectivity index (χ1v) is 11.3. The lowest BCUT2D eigenvalue weighted by Gasteiger charge is -2.43. The number of para-hydroxylation sites is 1. The Morgan fingerprint density at radius 1 is 0.879 bits per heavy atom. The van der Waals surface area contributed by atoms with Gasteiger partial charge in [-0.05, 0) is 55.8 Å². The first kappa shape index (κ1) is 24.5. The van der Waals surface area contributed by atoms with Crippen LogP contribution >= 0.6 is 0 Å². The Labute approximate surface area is 195 Å². The molecular formula is C25H33N3O5. The van der Waals surface area contributed by atoms with Crippen molar-refractivity contribution in [2.45, 2.75) is 25.4 Å². The number of carboxylic acids is 2. The zero-order valence-electron chi connectivity index (χ0n) is 19.1. The molecule has 33 heavy (non-hydrogen) atoms. The van der Waals surface area contributed by atoms with Gasteiger partial charge in [-0.15, -0.1) is 0 Å². The van der Waals surface area contributed by atoms with Crippen LogP contribution in [0.1, 0.15) is 18.4 Å². The number of rotatable bonds is 5. The van der Waals surface area contributed by atoms with Crippen molar-refractivity contribution in [3.63, 3.8) is 0 Å². The molecule has 0 radical (unpaired) electrons. The van der Waals surface area contributed by atoms with Crippen molar-refractivity contribution >= 4 is 17.6 Å². The maximum absolute atomic E-state index is 9.10. The largest absolute Gasteiger partial charge is 0.497 e. The Morgan fingerprint density at radius 3 is 2.09 bits per heavy atom. The molecule has 0 atom stereocenters. The molecule has 8 heteroatoms. The molecule has 0 bridgehead atoms. The van der Waals surface area contributed by atoms with Crippen LogP contribution in [0.5, 0.6) is 5.75 Å². The van der Waals surface area contributed by atoms with E-state index >= 15 is 0 Å². The van der Waals surface area contributed by atoms with Gasteiger partial charge in [0, 0.05) is 44.5 Å². The number of benzene rings is 2. The van der Waals surface area contributed by atoms with Gasteiger partial charge in [-0.1, -0.05) is 30.3 Å². The molecule has 2 aromatic carbocycles. The number of carboxylic acid groups (broad SMARTS) is 2. The monoisotopic (exact) mass is 455 g/mol. The highest BCUT2D eigenvalue weighted by Gasteiger charge is 2.27. The minimum atomic E-state index is -1.82. The standard InChI is InChI=1S/C23H31N3O.C2H2O4/c1-27-23-9-5-6-20(18-23)19-24-12-10-22(11-13-24)26-16-14-25(15-17-26)21-7-3-2-4-8-21;3-1(4)2(5)6/h2-9,18,22H,10-17,19H2,1H3;(H,3,4)(H,5,6). The predicted molar refractivity (Wildman–Crippen MR) is 127 cm³/mol. The number of piperidine rings is 1. The number of methoxy groups -OCH3 is 1. The lowest BCUT2D eigenvalue weighted by atomic mass is 10.0. The third kappa shape index (κ3) is 7.47. The highest BCUT2D eigenvalue weighted by Crippen LogP contribution is 2.23. The van der Waals surface area contributed by atoms with Gasteiger partial charge in [-0.25, -0.2) is 9.59 Å². The van der Waals surface area contributed by atoms with Crippen molar-refractivity contribution in [3.05, 3.63) is 60.2 Å². The van der Waals surface area contributed by atoms with Crippen LogP contribution in [0.4, 0.5) is 5.69 Å². The van der Waals surface area contributed by atoms with Crippen molar-refractivity contribution in [2.24, 2.45) is 0 Å². The van der Waals surface area contributed by atoms with Crippen molar-refractivity contribution in [1.82, 2.24) is 9.80 Å². The maximum Gasteiger partial charge on any atom is 0.414 e. The molecule has 2 aromatic rings. The Hall–Kier alpha value is -3.10. The zero-order valence-corrected chi connectivity index (χ0v) is 19.1. The topological polar surface area (TPSA) is 93.5 Å². The molecule has 2 aliphatic rings. The summed E-state index contributed by atoms with van der Waals surface area (Å²) in [6.07, 6.45) is 2.57. The van der Waals surface area contributed by atoms with Gasteiger partial charge in [-0.3, -0.25) is 9.80 Å². The third-order valence-corrected chi connectivity index (χ3v) is 6.23. The van der Waals surface area contributed by atoms with Crippen LogP contribution in [0.15, 0.2) is 54.6 Å². The SMILES string of the molecule is COc1cccc(CN2CCC(N3CCN(c4ccccc4)CC3)CC2)c1.O=C(O)C(=O)O. The molecule has 2 heterocycles. The van der Waals surface area contributed by atoms with E-state index in [9.17, 15) is 0 Å². The number of hydrogen-bond acceptors (Lipinski definition) is 6. The zero-order chi connectivity index (χ0) is 23.6. The van der Waals surface area contributed by atoms with Gasteiger partial charge in [0.05, 0.1) is 7.11 Å². The Bertz CT molecular complexity index is 880. The van der Waals surface area contributed by atoms with E-state index < -0.39 is 11.9 Å². The summed E-state index contributed by atoms with van der Waals surface area (Å²) in [5, 5.41) is 14.8. The number of ether oxygens (including phenoxy) is 1. The number of anilines is 1. The second kappa shape index (κ2) is 12.2. The van der Waals surface area contributed by atoms with Crippen LogP contribution in [0.25, 0.3) is 0 Å². The first-order valence-electron chi connectivity index (χ1n) is 11.3. The average molecular weight is 456 g/mol. The van der Waals surface area contributed by atoms with Gasteiger partial charge in [0.25, 0.3) is 0 Å². The lowest BCUT2D eigenvalue weighted by Crippen LogP contribution is -2.53. The van der Waals surface area contributed by atoms with Crippen LogP contribution in [-0.4, -0.2) is 84.4 Å². The molecular weight excluding hydrogens is 422 g/mol. The molecule has 0 aliphatic carbocycles. The third-order valence-electron chi connectivity index (χ3n) is 6.23. The van der Waals surface area contributed by atoms with E-state index in [1.54, 1.807) is 7.11 Å². The first-order chi connectivity index (χ1) is 16.0. The molecule has 4 rings (SSSR count). The smallest absolute Gasteiger partial charge is 0.414 e. The van der Waals surface area contributed by atoms with Crippen LogP contribution in [0.2, 0.25) is 0 Å². The Balaban J connectivity index is 0.000000454. The van der Waals surface area contributed by atoms with Gasteiger partial charge < -0.3 is 19.8 Å². The van der Waals surface area contributed by atoms with Crippen molar-refractivity contribution < 1.29 is 24.5 Å². The van der Waals surface area contributed by atoms with Crippen LogP contribution in [-0.2, 0) is 16.1 Å². The lowest BCUT2D eigenvalue weighted by molar-refractivity contribution is -0.159. The molecule has 0 amide bonds. The van der Waals surface area contributed by atoms with Crippen LogP contribution in [0.3, 0.4) is 0 Å². The molecule has 0 saturated carbocycles. The summed E-state index contributed by atoms with van der Waals surface area (Å²) in [5.74, 6) is -2.69. The van der Waals surface area contributed by atoms with E-state index in [1.807, 2.05) is 6.07 Å². The minimum absolute atomic E-state index is 0.754. The predicted octanol–water partition coefficient (Wildman–Crippen LogP) is 2.64. The van der Waals surface area contributed by atoms with Crippen molar-refractivity contribution in [3.8, 4) is 5.75 Å². The number of likely N-dealkylation sites (tertiary alicyclic amines) is 1. The van der Waals surface area contributed by atoms with E-state index in [1.165, 1.54) is 50.3 Å². The number of aliphatic carboxylic acids is 2. The van der Waals surface area contributed by atoms with E-state index in [-0.39, 0.29) is 0 Å². The molecule has 178 valence electrons. The second-order valence-corrected chi connectivity index (χ2v) is 8.33. The quantitative estimate of drug-likeness (QED) is 0.665. The maximum atomic E-state index is 9.10. The van der Waals surface area contributed by atoms with Crippen LogP contribution in [0, 0.1) is 0 Å². The summed E-state index contributed by atoms with van der Waals surface area (Å²) < 4.78 is 5.35. The van der Waals surface area contributed by atoms with Crippen molar-refractivity contribution in [1.29, 1.82) is 0 Å². The fourth-order valence-electron chi connectivity index (χ4n) is 4.46. The van der Waals surface area contributed by atoms with Gasteiger partial charge >= 0.3 is 11.9 Å². The highest BCUT2D eigenvalue weighted by molar-refractivity contribution is 6.27. The molecule has 8 nitrogen and oxygen atoms in total. The van der Waals surface area contributed by atoms with E-state index in [0.717, 1.165) is 31.4 Å². The minimum Gasteiger partial charge on any atom is -0.497 e. The molecule has 2 N–H and O–H groups in total. The summed E-state index contributed by atoms with van der Waals surface area (Å²) in [6, 6.07) is 20.1. The Morgan fingerprint density at radius 2 is 1.52 bits per heavy atom. The fraction of sp³-hybridized carbons (Fsp3) is 0.440. The fourth-order valence-corrected chi connectivity index (χ4v) is 4.46. The van der Waals surface area contributed by atoms with Gasteiger partial charge in [0.1, 0.15) is 5.75 Å².